The molecular formula is C15H18N6O3S. The number of benzene rings is 1. The van der Waals surface area contributed by atoms with Gasteiger partial charge in [-0.15, -0.1) is 10.2 Å². The average molecular weight is 362 g/mol. The quantitative estimate of drug-likeness (QED) is 0.494. The molecule has 0 saturated carbocycles. The molecule has 0 atom stereocenters. The number of carbonyl (C=O) groups excluding carboxylic acids is 1. The highest BCUT2D eigenvalue weighted by atomic mass is 32.2. The molecule has 1 aliphatic heterocycles. The van der Waals surface area contributed by atoms with Gasteiger partial charge in [0.15, 0.2) is 0 Å². The van der Waals surface area contributed by atoms with Gasteiger partial charge in [-0.2, -0.15) is 0 Å². The lowest BCUT2D eigenvalue weighted by Crippen LogP contribution is -2.25. The van der Waals surface area contributed by atoms with Crippen LogP contribution < -0.4 is 10.3 Å². The van der Waals surface area contributed by atoms with Crippen LogP contribution in [0.4, 0.5) is 11.4 Å². The number of nitrogens with zero attached hydrogens (tertiary/aromatic N) is 5. The molecule has 1 N–H and O–H groups in total. The molecule has 1 fully saturated rings. The summed E-state index contributed by atoms with van der Waals surface area (Å²) in [5.74, 6) is 0.0789. The molecule has 9 nitrogen and oxygen atoms in total. The molecule has 10 heteroatoms. The Morgan fingerprint density at radius 2 is 2.04 bits per heavy atom. The van der Waals surface area contributed by atoms with Gasteiger partial charge in [0.05, 0.1) is 4.92 Å². The minimum Gasteiger partial charge on any atom is -0.366 e. The summed E-state index contributed by atoms with van der Waals surface area (Å²) < 4.78 is 1.47. The van der Waals surface area contributed by atoms with E-state index in [4.69, 9.17) is 0 Å². The monoisotopic (exact) mass is 362 g/mol. The maximum atomic E-state index is 12.5. The van der Waals surface area contributed by atoms with Crippen molar-refractivity contribution < 1.29 is 9.72 Å². The molecule has 1 amide bonds. The minimum absolute atomic E-state index is 0.0554. The van der Waals surface area contributed by atoms with E-state index >= 15 is 0 Å². The van der Waals surface area contributed by atoms with Crippen LogP contribution in [0.3, 0.4) is 0 Å². The number of anilines is 1. The van der Waals surface area contributed by atoms with E-state index in [1.54, 1.807) is 19.1 Å². The van der Waals surface area contributed by atoms with Crippen LogP contribution in [0.15, 0.2) is 23.4 Å². The van der Waals surface area contributed by atoms with Crippen molar-refractivity contribution >= 4 is 29.0 Å². The molecule has 0 aliphatic carbocycles. The summed E-state index contributed by atoms with van der Waals surface area (Å²) in [6, 6.07) is 4.57. The lowest BCUT2D eigenvalue weighted by molar-refractivity contribution is -0.384. The molecule has 2 heterocycles. The maximum Gasteiger partial charge on any atom is 0.293 e. The molecule has 0 unspecified atom stereocenters. The minimum atomic E-state index is -0.450. The fraction of sp³-hybridized carbons (Fsp3) is 0.400. The third kappa shape index (κ3) is 3.43. The Hall–Kier alpha value is -2.62. The lowest BCUT2D eigenvalue weighted by Gasteiger charge is -2.18. The van der Waals surface area contributed by atoms with Crippen LogP contribution in [0.25, 0.3) is 0 Å². The van der Waals surface area contributed by atoms with E-state index in [2.05, 4.69) is 15.6 Å². The molecule has 25 heavy (non-hydrogen) atoms. The maximum absolute atomic E-state index is 12.5. The van der Waals surface area contributed by atoms with Gasteiger partial charge in [0.1, 0.15) is 11.5 Å². The van der Waals surface area contributed by atoms with Gasteiger partial charge >= 0.3 is 0 Å². The van der Waals surface area contributed by atoms with Crippen molar-refractivity contribution in [2.45, 2.75) is 24.9 Å². The number of rotatable bonds is 5. The second-order valence-corrected chi connectivity index (χ2v) is 6.44. The molecule has 1 aromatic carbocycles. The van der Waals surface area contributed by atoms with Gasteiger partial charge in [0, 0.05) is 24.7 Å². The van der Waals surface area contributed by atoms with Gasteiger partial charge in [-0.1, -0.05) is 11.8 Å². The molecule has 0 bridgehead atoms. The Morgan fingerprint density at radius 3 is 2.68 bits per heavy atom. The first-order valence-corrected chi connectivity index (χ1v) is 9.04. The Labute approximate surface area is 148 Å². The molecule has 1 aliphatic rings. The molecule has 3 rings (SSSR count). The van der Waals surface area contributed by atoms with Crippen LogP contribution in [-0.2, 0) is 0 Å². The Morgan fingerprint density at radius 1 is 1.32 bits per heavy atom. The third-order valence-corrected chi connectivity index (χ3v) is 4.70. The van der Waals surface area contributed by atoms with Crippen LogP contribution >= 0.6 is 11.8 Å². The van der Waals surface area contributed by atoms with Crippen LogP contribution in [0, 0.1) is 17.0 Å². The van der Waals surface area contributed by atoms with Gasteiger partial charge in [-0.25, -0.2) is 4.68 Å². The number of hydrogen-bond acceptors (Lipinski definition) is 7. The SMILES string of the molecule is CSc1nnc(C)n1NC(=O)c1ccc(N2CCCC2)c([N+](=O)[O-])c1. The fourth-order valence-electron chi connectivity index (χ4n) is 2.81. The Balaban J connectivity index is 1.89. The smallest absolute Gasteiger partial charge is 0.293 e. The van der Waals surface area contributed by atoms with Gasteiger partial charge < -0.3 is 4.90 Å². The van der Waals surface area contributed by atoms with Crippen molar-refractivity contribution in [3.05, 3.63) is 39.7 Å². The summed E-state index contributed by atoms with van der Waals surface area (Å²) in [7, 11) is 0. The Kier molecular flexibility index (Phi) is 4.88. The zero-order valence-corrected chi connectivity index (χ0v) is 14.7. The van der Waals surface area contributed by atoms with Crippen molar-refractivity contribution in [3.8, 4) is 0 Å². The van der Waals surface area contributed by atoms with E-state index in [1.165, 1.54) is 22.5 Å². The van der Waals surface area contributed by atoms with E-state index in [0.29, 0.717) is 16.7 Å². The average Bonchev–Trinajstić information content (AvgIpc) is 3.25. The summed E-state index contributed by atoms with van der Waals surface area (Å²) in [4.78, 5) is 25.5. The first-order chi connectivity index (χ1) is 12.0. The van der Waals surface area contributed by atoms with E-state index in [1.807, 2.05) is 11.2 Å². The number of nitro groups is 1. The molecular weight excluding hydrogens is 344 g/mol. The number of thioether (sulfide) groups is 1. The van der Waals surface area contributed by atoms with Gasteiger partial charge in [-0.05, 0) is 38.2 Å². The highest BCUT2D eigenvalue weighted by Crippen LogP contribution is 2.31. The highest BCUT2D eigenvalue weighted by Gasteiger charge is 2.24. The Bertz CT molecular complexity index is 816. The predicted octanol–water partition coefficient (Wildman–Crippen LogP) is 2.20. The van der Waals surface area contributed by atoms with Gasteiger partial charge in [0.2, 0.25) is 5.16 Å². The molecule has 1 saturated heterocycles. The number of nitro benzene ring substituents is 1. The number of carbonyl (C=O) groups is 1. The number of aromatic nitrogens is 3. The largest absolute Gasteiger partial charge is 0.366 e. The fourth-order valence-corrected chi connectivity index (χ4v) is 3.29. The lowest BCUT2D eigenvalue weighted by atomic mass is 10.1. The van der Waals surface area contributed by atoms with E-state index in [-0.39, 0.29) is 11.3 Å². The van der Waals surface area contributed by atoms with Crippen molar-refractivity contribution in [1.29, 1.82) is 0 Å². The van der Waals surface area contributed by atoms with Crippen molar-refractivity contribution in [3.63, 3.8) is 0 Å². The normalized spacial score (nSPS) is 13.9. The summed E-state index contributed by atoms with van der Waals surface area (Å²) in [5, 5.41) is 19.8. The van der Waals surface area contributed by atoms with Crippen molar-refractivity contribution in [2.24, 2.45) is 0 Å². The second kappa shape index (κ2) is 7.09. The topological polar surface area (TPSA) is 106 Å². The molecule has 0 radical (unpaired) electrons. The van der Waals surface area contributed by atoms with Crippen LogP contribution in [0.1, 0.15) is 29.0 Å². The van der Waals surface area contributed by atoms with Crippen LogP contribution in [0.5, 0.6) is 0 Å². The van der Waals surface area contributed by atoms with E-state index in [9.17, 15) is 14.9 Å². The first kappa shape index (κ1) is 17.2. The summed E-state index contributed by atoms with van der Waals surface area (Å²) >= 11 is 1.34. The second-order valence-electron chi connectivity index (χ2n) is 5.67. The van der Waals surface area contributed by atoms with Crippen LogP contribution in [-0.4, -0.2) is 45.0 Å². The number of amides is 1. The number of hydrogen-bond donors (Lipinski definition) is 1. The summed E-state index contributed by atoms with van der Waals surface area (Å²) in [6.07, 6.45) is 3.86. The zero-order chi connectivity index (χ0) is 18.0. The standard InChI is InChI=1S/C15H18N6O3S/c1-10-16-17-15(25-2)20(10)18-14(22)11-5-6-12(13(9-11)21(23)24)19-7-3-4-8-19/h5-6,9H,3-4,7-8H2,1-2H3,(H,18,22). The molecule has 0 spiro atoms. The number of nitrogens with one attached hydrogen (secondary N) is 1. The summed E-state index contributed by atoms with van der Waals surface area (Å²) in [6.45, 7) is 3.30. The zero-order valence-electron chi connectivity index (χ0n) is 13.9. The van der Waals surface area contributed by atoms with E-state index < -0.39 is 10.8 Å². The van der Waals surface area contributed by atoms with Gasteiger partial charge in [0.25, 0.3) is 11.6 Å². The first-order valence-electron chi connectivity index (χ1n) is 7.82. The molecule has 132 valence electrons. The molecule has 1 aromatic heterocycles. The van der Waals surface area contributed by atoms with E-state index in [0.717, 1.165) is 25.9 Å². The molecule has 2 aromatic rings. The number of aryl methyl sites for hydroxylation is 1. The van der Waals surface area contributed by atoms with Crippen molar-refractivity contribution in [1.82, 2.24) is 14.9 Å². The van der Waals surface area contributed by atoms with Crippen LogP contribution in [0.2, 0.25) is 0 Å². The summed E-state index contributed by atoms with van der Waals surface area (Å²) in [5.41, 5.74) is 3.40. The van der Waals surface area contributed by atoms with Gasteiger partial charge in [-0.3, -0.25) is 20.3 Å². The highest BCUT2D eigenvalue weighted by molar-refractivity contribution is 7.98. The predicted molar refractivity (Wildman–Crippen MR) is 94.8 cm³/mol. The van der Waals surface area contributed by atoms with Crippen molar-refractivity contribution in [2.75, 3.05) is 29.7 Å². The third-order valence-electron chi connectivity index (χ3n) is 4.07.